The monoisotopic (exact) mass is 391 g/mol. The zero-order valence-electron chi connectivity index (χ0n) is 14.1. The summed E-state index contributed by atoms with van der Waals surface area (Å²) in [5.74, 6) is 0.995. The van der Waals surface area contributed by atoms with Crippen molar-refractivity contribution < 1.29 is 9.32 Å². The fourth-order valence-corrected chi connectivity index (χ4v) is 3.49. The lowest BCUT2D eigenvalue weighted by atomic mass is 10.2. The van der Waals surface area contributed by atoms with Gasteiger partial charge in [-0.25, -0.2) is 0 Å². The van der Waals surface area contributed by atoms with E-state index < -0.39 is 0 Å². The minimum atomic E-state index is 0.107. The van der Waals surface area contributed by atoms with Gasteiger partial charge in [0.15, 0.2) is 0 Å². The lowest BCUT2D eigenvalue weighted by molar-refractivity contribution is 0.0761. The van der Waals surface area contributed by atoms with E-state index >= 15 is 0 Å². The van der Waals surface area contributed by atoms with Crippen LogP contribution in [0.3, 0.4) is 0 Å². The summed E-state index contributed by atoms with van der Waals surface area (Å²) >= 11 is 3.43. The second-order valence-corrected chi connectivity index (χ2v) is 7.15. The Labute approximate surface area is 150 Å². The Bertz CT molecular complexity index is 709. The molecule has 1 aliphatic heterocycles. The van der Waals surface area contributed by atoms with Crippen molar-refractivity contribution in [3.05, 3.63) is 51.3 Å². The van der Waals surface area contributed by atoms with Crippen LogP contribution in [-0.2, 0) is 6.54 Å². The number of nitrogens with zero attached hydrogens (tertiary/aromatic N) is 3. The molecule has 0 saturated carbocycles. The van der Waals surface area contributed by atoms with E-state index in [0.29, 0.717) is 0 Å². The van der Waals surface area contributed by atoms with Gasteiger partial charge in [0.25, 0.3) is 5.91 Å². The smallest absolute Gasteiger partial charge is 0.253 e. The lowest BCUT2D eigenvalue weighted by Gasteiger charge is -2.22. The number of halogens is 1. The molecule has 0 unspecified atom stereocenters. The summed E-state index contributed by atoms with van der Waals surface area (Å²) < 4.78 is 6.18. The average molecular weight is 392 g/mol. The van der Waals surface area contributed by atoms with Gasteiger partial charge in [0.1, 0.15) is 5.76 Å². The summed E-state index contributed by atoms with van der Waals surface area (Å²) in [7, 11) is 0. The molecule has 0 N–H and O–H groups in total. The fraction of sp³-hybridized carbons (Fsp3) is 0.444. The Morgan fingerprint density at radius 3 is 2.79 bits per heavy atom. The summed E-state index contributed by atoms with van der Waals surface area (Å²) in [6.07, 6.45) is 0.975. The molecule has 1 aromatic heterocycles. The van der Waals surface area contributed by atoms with Crippen molar-refractivity contribution in [1.29, 1.82) is 0 Å². The molecule has 2 aromatic rings. The molecule has 1 aromatic carbocycles. The normalized spacial score (nSPS) is 16.2. The maximum absolute atomic E-state index is 12.7. The average Bonchev–Trinajstić information content (AvgIpc) is 2.78. The molecule has 0 radical (unpaired) electrons. The van der Waals surface area contributed by atoms with Gasteiger partial charge in [-0.2, -0.15) is 0 Å². The van der Waals surface area contributed by atoms with Crippen molar-refractivity contribution in [2.24, 2.45) is 0 Å². The van der Waals surface area contributed by atoms with Crippen LogP contribution in [0.15, 0.2) is 33.3 Å². The van der Waals surface area contributed by atoms with E-state index in [0.717, 1.165) is 60.6 Å². The number of hydrogen-bond donors (Lipinski definition) is 0. The van der Waals surface area contributed by atoms with E-state index in [1.807, 2.05) is 43.0 Å². The predicted molar refractivity (Wildman–Crippen MR) is 95.9 cm³/mol. The molecule has 1 aliphatic rings. The molecule has 0 atom stereocenters. The first-order valence-corrected chi connectivity index (χ1v) is 9.03. The van der Waals surface area contributed by atoms with Crippen LogP contribution < -0.4 is 0 Å². The van der Waals surface area contributed by atoms with Gasteiger partial charge in [0, 0.05) is 48.3 Å². The summed E-state index contributed by atoms with van der Waals surface area (Å²) in [5, 5.41) is 4.03. The lowest BCUT2D eigenvalue weighted by Crippen LogP contribution is -2.35. The quantitative estimate of drug-likeness (QED) is 0.804. The summed E-state index contributed by atoms with van der Waals surface area (Å²) in [6, 6.07) is 7.60. The molecule has 2 heterocycles. The van der Waals surface area contributed by atoms with E-state index in [9.17, 15) is 4.79 Å². The van der Waals surface area contributed by atoms with Crippen LogP contribution in [0.25, 0.3) is 0 Å². The van der Waals surface area contributed by atoms with Crippen molar-refractivity contribution in [1.82, 2.24) is 15.0 Å². The third kappa shape index (κ3) is 3.87. The molecule has 0 aliphatic carbocycles. The molecule has 6 heteroatoms. The summed E-state index contributed by atoms with van der Waals surface area (Å²) in [6.45, 7) is 8.15. The zero-order valence-corrected chi connectivity index (χ0v) is 15.7. The number of aryl methyl sites for hydroxylation is 2. The van der Waals surface area contributed by atoms with Crippen LogP contribution in [-0.4, -0.2) is 47.0 Å². The highest BCUT2D eigenvalue weighted by Crippen LogP contribution is 2.18. The molecule has 0 spiro atoms. The van der Waals surface area contributed by atoms with Crippen molar-refractivity contribution >= 4 is 21.8 Å². The number of benzene rings is 1. The zero-order chi connectivity index (χ0) is 17.1. The largest absolute Gasteiger partial charge is 0.361 e. The highest BCUT2D eigenvalue weighted by Gasteiger charge is 2.22. The summed E-state index contributed by atoms with van der Waals surface area (Å²) in [5.41, 5.74) is 2.86. The van der Waals surface area contributed by atoms with Crippen molar-refractivity contribution in [2.45, 2.75) is 26.8 Å². The van der Waals surface area contributed by atoms with Gasteiger partial charge in [-0.15, -0.1) is 0 Å². The number of aromatic nitrogens is 1. The molecule has 3 rings (SSSR count). The third-order valence-corrected chi connectivity index (χ3v) is 5.00. The first-order chi connectivity index (χ1) is 11.5. The fourth-order valence-electron chi connectivity index (χ4n) is 3.09. The van der Waals surface area contributed by atoms with E-state index in [-0.39, 0.29) is 5.91 Å². The molecular formula is C18H22BrN3O2. The Hall–Kier alpha value is -1.66. The number of hydrogen-bond acceptors (Lipinski definition) is 4. The number of carbonyl (C=O) groups excluding carboxylic acids is 1. The van der Waals surface area contributed by atoms with Gasteiger partial charge in [-0.1, -0.05) is 27.2 Å². The van der Waals surface area contributed by atoms with Gasteiger partial charge >= 0.3 is 0 Å². The number of amides is 1. The van der Waals surface area contributed by atoms with Crippen LogP contribution in [0.5, 0.6) is 0 Å². The van der Waals surface area contributed by atoms with E-state index in [4.69, 9.17) is 4.52 Å². The van der Waals surface area contributed by atoms with Crippen molar-refractivity contribution in [3.8, 4) is 0 Å². The van der Waals surface area contributed by atoms with Gasteiger partial charge in [0.05, 0.1) is 5.69 Å². The predicted octanol–water partition coefficient (Wildman–Crippen LogP) is 3.40. The molecule has 0 bridgehead atoms. The van der Waals surface area contributed by atoms with Crippen molar-refractivity contribution in [2.75, 3.05) is 26.2 Å². The first kappa shape index (κ1) is 17.2. The van der Waals surface area contributed by atoms with Crippen molar-refractivity contribution in [3.63, 3.8) is 0 Å². The van der Waals surface area contributed by atoms with E-state index in [2.05, 4.69) is 26.0 Å². The maximum atomic E-state index is 12.7. The third-order valence-electron chi connectivity index (χ3n) is 4.51. The number of carbonyl (C=O) groups is 1. The molecule has 128 valence electrons. The highest BCUT2D eigenvalue weighted by atomic mass is 79.9. The Morgan fingerprint density at radius 1 is 1.25 bits per heavy atom. The van der Waals surface area contributed by atoms with Crippen LogP contribution in [0, 0.1) is 13.8 Å². The number of rotatable bonds is 3. The minimum absolute atomic E-state index is 0.107. The highest BCUT2D eigenvalue weighted by molar-refractivity contribution is 9.10. The van der Waals surface area contributed by atoms with E-state index in [1.54, 1.807) is 0 Å². The SMILES string of the molecule is Cc1noc(C)c1CN1CCCN(C(=O)c2cccc(Br)c2)CC1. The Morgan fingerprint density at radius 2 is 2.08 bits per heavy atom. The first-order valence-electron chi connectivity index (χ1n) is 8.23. The molecule has 1 saturated heterocycles. The van der Waals surface area contributed by atoms with Crippen LogP contribution in [0.2, 0.25) is 0 Å². The van der Waals surface area contributed by atoms with E-state index in [1.165, 1.54) is 5.56 Å². The van der Waals surface area contributed by atoms with Gasteiger partial charge in [-0.3, -0.25) is 9.69 Å². The second kappa shape index (κ2) is 7.49. The van der Waals surface area contributed by atoms with Gasteiger partial charge < -0.3 is 9.42 Å². The summed E-state index contributed by atoms with van der Waals surface area (Å²) in [4.78, 5) is 17.0. The Balaban J connectivity index is 1.64. The Kier molecular flexibility index (Phi) is 5.36. The molecular weight excluding hydrogens is 370 g/mol. The second-order valence-electron chi connectivity index (χ2n) is 6.23. The minimum Gasteiger partial charge on any atom is -0.361 e. The van der Waals surface area contributed by atoms with Crippen LogP contribution in [0.4, 0.5) is 0 Å². The van der Waals surface area contributed by atoms with Crippen LogP contribution in [0.1, 0.15) is 33.8 Å². The molecule has 1 fully saturated rings. The topological polar surface area (TPSA) is 49.6 Å². The van der Waals surface area contributed by atoms with Gasteiger partial charge in [0.2, 0.25) is 0 Å². The van der Waals surface area contributed by atoms with Gasteiger partial charge in [-0.05, 0) is 38.5 Å². The molecule has 1 amide bonds. The molecule has 5 nitrogen and oxygen atoms in total. The standard InChI is InChI=1S/C18H22BrN3O2/c1-13-17(14(2)24-20-13)12-21-7-4-8-22(10-9-21)18(23)15-5-3-6-16(19)11-15/h3,5-6,11H,4,7-10,12H2,1-2H3. The molecule has 24 heavy (non-hydrogen) atoms. The van der Waals surface area contributed by atoms with Crippen LogP contribution >= 0.6 is 15.9 Å². The maximum Gasteiger partial charge on any atom is 0.253 e.